The zero-order valence-corrected chi connectivity index (χ0v) is 15.9. The maximum absolute atomic E-state index is 14.2. The maximum Gasteiger partial charge on any atom is 0.350 e. The first-order chi connectivity index (χ1) is 13.0. The summed E-state index contributed by atoms with van der Waals surface area (Å²) < 4.78 is 24.5. The number of aromatic nitrogens is 1. The smallest absolute Gasteiger partial charge is 0.350 e. The van der Waals surface area contributed by atoms with Crippen molar-refractivity contribution in [1.82, 2.24) is 4.98 Å². The Bertz CT molecular complexity index is 1100. The Balaban J connectivity index is 1.87. The third-order valence-electron chi connectivity index (χ3n) is 4.37. The Morgan fingerprint density at radius 2 is 2.04 bits per heavy atom. The van der Waals surface area contributed by atoms with Gasteiger partial charge in [0.2, 0.25) is 0 Å². The van der Waals surface area contributed by atoms with Crippen LogP contribution in [0.3, 0.4) is 0 Å². The van der Waals surface area contributed by atoms with E-state index in [1.165, 1.54) is 24.5 Å². The molecule has 0 aliphatic heterocycles. The fraction of sp³-hybridized carbons (Fsp3) is 0.190. The molecule has 0 bridgehead atoms. The van der Waals surface area contributed by atoms with Gasteiger partial charge in [-0.3, -0.25) is 0 Å². The number of benzene rings is 2. The molecule has 1 heterocycles. The minimum absolute atomic E-state index is 0.215. The van der Waals surface area contributed by atoms with Gasteiger partial charge < -0.3 is 9.47 Å². The molecule has 0 saturated carbocycles. The van der Waals surface area contributed by atoms with Crippen LogP contribution in [0.4, 0.5) is 4.39 Å². The van der Waals surface area contributed by atoms with Crippen LogP contribution >= 0.6 is 11.3 Å². The number of nitrogens with zero attached hydrogens (tertiary/aromatic N) is 1. The van der Waals surface area contributed by atoms with E-state index in [1.807, 2.05) is 24.6 Å². The quantitative estimate of drug-likeness (QED) is 0.569. The van der Waals surface area contributed by atoms with Crippen molar-refractivity contribution in [3.63, 3.8) is 0 Å². The molecule has 0 atom stereocenters. The normalized spacial score (nSPS) is 12.8. The Labute approximate surface area is 160 Å². The number of carbonyl (C=O) groups is 1. The van der Waals surface area contributed by atoms with Crippen LogP contribution in [0.15, 0.2) is 30.3 Å². The molecular weight excluding hydrogens is 365 g/mol. The van der Waals surface area contributed by atoms with E-state index in [2.05, 4.69) is 4.98 Å². The number of methoxy groups -OCH3 is 1. The number of ether oxygens (including phenoxy) is 2. The van der Waals surface area contributed by atoms with Gasteiger partial charge in [-0.1, -0.05) is 6.08 Å². The predicted molar refractivity (Wildman–Crippen MR) is 105 cm³/mol. The van der Waals surface area contributed by atoms with Crippen LogP contribution in [0.5, 0.6) is 5.75 Å². The van der Waals surface area contributed by atoms with E-state index >= 15 is 0 Å². The van der Waals surface area contributed by atoms with Gasteiger partial charge in [-0.15, -0.1) is 11.3 Å². The summed E-state index contributed by atoms with van der Waals surface area (Å²) in [6, 6.07) is 7.09. The van der Waals surface area contributed by atoms with Crippen LogP contribution < -0.4 is 4.74 Å². The number of thiazole rings is 1. The third kappa shape index (κ3) is 3.21. The molecule has 3 aromatic rings. The molecule has 0 N–H and O–H groups in total. The monoisotopic (exact) mass is 382 g/mol. The van der Waals surface area contributed by atoms with E-state index in [-0.39, 0.29) is 11.7 Å². The van der Waals surface area contributed by atoms with Gasteiger partial charge in [0, 0.05) is 12.0 Å². The molecule has 0 fully saturated rings. The molecule has 2 aromatic carbocycles. The lowest BCUT2D eigenvalue weighted by atomic mass is 9.98. The summed E-state index contributed by atoms with van der Waals surface area (Å²) >= 11 is 1.29. The highest BCUT2D eigenvalue weighted by Gasteiger charge is 2.21. The molecule has 4 rings (SSSR count). The van der Waals surface area contributed by atoms with Crippen molar-refractivity contribution in [3.05, 3.63) is 58.7 Å². The first kappa shape index (κ1) is 17.7. The van der Waals surface area contributed by atoms with E-state index in [0.717, 1.165) is 27.5 Å². The number of allylic oxidation sites excluding steroid dienone is 2. The van der Waals surface area contributed by atoms with Gasteiger partial charge in [-0.05, 0) is 60.0 Å². The lowest BCUT2D eigenvalue weighted by molar-refractivity contribution is 0.0531. The van der Waals surface area contributed by atoms with Crippen LogP contribution in [0.1, 0.15) is 27.9 Å². The number of esters is 1. The number of fused-ring (bicyclic) bond motifs is 1. The second kappa shape index (κ2) is 6.78. The van der Waals surface area contributed by atoms with Crippen molar-refractivity contribution < 1.29 is 18.7 Å². The minimum atomic E-state index is -0.413. The van der Waals surface area contributed by atoms with Crippen molar-refractivity contribution in [2.45, 2.75) is 13.8 Å². The molecule has 0 saturated heterocycles. The Morgan fingerprint density at radius 1 is 1.26 bits per heavy atom. The number of rotatable bonds is 5. The van der Waals surface area contributed by atoms with Gasteiger partial charge in [-0.2, -0.15) is 0 Å². The van der Waals surface area contributed by atoms with Crippen LogP contribution in [0.25, 0.3) is 26.9 Å². The van der Waals surface area contributed by atoms with Crippen molar-refractivity contribution in [2.75, 3.05) is 13.7 Å². The standard InChI is InChI=1S/C21H17FNO3S/c1-4-26-21(24)19-11(2)23-20(27-19)14-7-13-9-17(22)18(25-3)10-16(13)15(8-14)12-5-6-12/h5-10H,4H2,1-3H3. The first-order valence-corrected chi connectivity index (χ1v) is 9.35. The maximum atomic E-state index is 14.2. The van der Waals surface area contributed by atoms with Crippen molar-refractivity contribution >= 4 is 33.7 Å². The molecule has 6 heteroatoms. The second-order valence-electron chi connectivity index (χ2n) is 6.17. The highest BCUT2D eigenvalue weighted by molar-refractivity contribution is 7.17. The molecule has 0 spiro atoms. The lowest BCUT2D eigenvalue weighted by Gasteiger charge is -2.10. The number of halogens is 1. The van der Waals surface area contributed by atoms with E-state index in [1.54, 1.807) is 19.9 Å². The minimum Gasteiger partial charge on any atom is -0.494 e. The number of carbonyl (C=O) groups excluding carboxylic acids is 1. The van der Waals surface area contributed by atoms with Gasteiger partial charge in [0.05, 0.1) is 19.4 Å². The summed E-state index contributed by atoms with van der Waals surface area (Å²) in [6.07, 6.45) is 4.01. The number of hydrogen-bond donors (Lipinski definition) is 0. The summed E-state index contributed by atoms with van der Waals surface area (Å²) in [4.78, 5) is 17.1. The molecule has 1 aromatic heterocycles. The van der Waals surface area contributed by atoms with Crippen LogP contribution in [-0.4, -0.2) is 24.7 Å². The van der Waals surface area contributed by atoms with E-state index in [9.17, 15) is 9.18 Å². The van der Waals surface area contributed by atoms with Crippen molar-refractivity contribution in [2.24, 2.45) is 0 Å². The van der Waals surface area contributed by atoms with E-state index < -0.39 is 5.82 Å². The van der Waals surface area contributed by atoms with Gasteiger partial charge >= 0.3 is 5.97 Å². The second-order valence-corrected chi connectivity index (χ2v) is 7.17. The van der Waals surface area contributed by atoms with Crippen LogP contribution in [-0.2, 0) is 4.74 Å². The first-order valence-electron chi connectivity index (χ1n) is 8.53. The molecule has 1 aliphatic carbocycles. The van der Waals surface area contributed by atoms with Crippen LogP contribution in [0.2, 0.25) is 0 Å². The molecule has 27 heavy (non-hydrogen) atoms. The van der Waals surface area contributed by atoms with Gasteiger partial charge in [-0.25, -0.2) is 14.2 Å². The average Bonchev–Trinajstić information content (AvgIpc) is 3.41. The van der Waals surface area contributed by atoms with Gasteiger partial charge in [0.25, 0.3) is 0 Å². The molecule has 4 nitrogen and oxygen atoms in total. The Kier molecular flexibility index (Phi) is 4.44. The zero-order valence-electron chi connectivity index (χ0n) is 15.1. The molecular formula is C21H17FNO3S. The lowest BCUT2D eigenvalue weighted by Crippen LogP contribution is -2.03. The largest absolute Gasteiger partial charge is 0.494 e. The topological polar surface area (TPSA) is 48.4 Å². The Hall–Kier alpha value is -2.73. The summed E-state index contributed by atoms with van der Waals surface area (Å²) in [5.41, 5.74) is 3.56. The molecule has 1 aliphatic rings. The molecule has 0 amide bonds. The zero-order chi connectivity index (χ0) is 19.1. The summed E-state index contributed by atoms with van der Waals surface area (Å²) in [5, 5.41) is 2.37. The highest BCUT2D eigenvalue weighted by Crippen LogP contribution is 2.40. The number of hydrogen-bond acceptors (Lipinski definition) is 5. The third-order valence-corrected chi connectivity index (χ3v) is 5.56. The predicted octanol–water partition coefficient (Wildman–Crippen LogP) is 5.20. The summed E-state index contributed by atoms with van der Waals surface area (Å²) in [6.45, 7) is 3.88. The fourth-order valence-electron chi connectivity index (χ4n) is 3.01. The van der Waals surface area contributed by atoms with E-state index in [0.29, 0.717) is 22.2 Å². The fourth-order valence-corrected chi connectivity index (χ4v) is 3.96. The van der Waals surface area contributed by atoms with Crippen molar-refractivity contribution in [1.29, 1.82) is 0 Å². The molecule has 137 valence electrons. The van der Waals surface area contributed by atoms with Crippen LogP contribution in [0, 0.1) is 19.2 Å². The van der Waals surface area contributed by atoms with Crippen molar-refractivity contribution in [3.8, 4) is 16.3 Å². The number of aryl methyl sites for hydroxylation is 1. The Morgan fingerprint density at radius 3 is 2.70 bits per heavy atom. The van der Waals surface area contributed by atoms with Gasteiger partial charge in [0.15, 0.2) is 11.6 Å². The molecule has 1 radical (unpaired) electrons. The van der Waals surface area contributed by atoms with E-state index in [4.69, 9.17) is 9.47 Å². The summed E-state index contributed by atoms with van der Waals surface area (Å²) in [7, 11) is 1.45. The molecule has 0 unspecified atom stereocenters. The SMILES string of the molecule is CCOC(=O)c1sc(-c2cc(C3=C[CH]3)c3cc(OC)c(F)cc3c2)nc1C. The average molecular weight is 382 g/mol. The van der Waals surface area contributed by atoms with Gasteiger partial charge in [0.1, 0.15) is 9.88 Å². The summed E-state index contributed by atoms with van der Waals surface area (Å²) in [5.74, 6) is -0.564. The highest BCUT2D eigenvalue weighted by atomic mass is 32.1.